The Labute approximate surface area is 98.0 Å². The molecule has 0 fully saturated rings. The molecule has 0 saturated heterocycles. The molecular weight excluding hydrogens is 198 g/mol. The second kappa shape index (κ2) is 7.99. The van der Waals surface area contributed by atoms with E-state index in [9.17, 15) is 0 Å². The average molecular weight is 219 g/mol. The van der Waals surface area contributed by atoms with Gasteiger partial charge >= 0.3 is 0 Å². The summed E-state index contributed by atoms with van der Waals surface area (Å²) in [5, 5.41) is 11.3. The zero-order valence-corrected chi connectivity index (χ0v) is 10.0. The van der Waals surface area contributed by atoms with Gasteiger partial charge in [0.2, 0.25) is 0 Å². The molecule has 0 aliphatic carbocycles. The van der Waals surface area contributed by atoms with Gasteiger partial charge < -0.3 is 5.32 Å². The van der Waals surface area contributed by atoms with Crippen LogP contribution in [0.25, 0.3) is 0 Å². The van der Waals surface area contributed by atoms with Gasteiger partial charge in [-0.05, 0) is 43.9 Å². The lowest BCUT2D eigenvalue weighted by Gasteiger charge is -2.17. The summed E-state index contributed by atoms with van der Waals surface area (Å²) in [4.78, 5) is 0. The minimum absolute atomic E-state index is 0.399. The molecule has 16 heavy (non-hydrogen) atoms. The summed E-state index contributed by atoms with van der Waals surface area (Å²) in [5.74, 6) is 0. The summed E-state index contributed by atoms with van der Waals surface area (Å²) in [7, 11) is 0. The molecule has 1 atom stereocenters. The molecule has 1 aromatic rings. The summed E-state index contributed by atoms with van der Waals surface area (Å²) in [6.45, 7) is 6.97. The van der Waals surface area contributed by atoms with Gasteiger partial charge in [0.1, 0.15) is 0 Å². The number of aromatic nitrogens is 2. The Bertz CT molecular complexity index is 284. The molecule has 88 valence electrons. The zero-order chi connectivity index (χ0) is 11.6. The number of hydrogen-bond donors (Lipinski definition) is 1. The second-order valence-corrected chi connectivity index (χ2v) is 3.90. The summed E-state index contributed by atoms with van der Waals surface area (Å²) < 4.78 is 0. The highest BCUT2D eigenvalue weighted by atomic mass is 15.1. The van der Waals surface area contributed by atoms with Gasteiger partial charge in [-0.15, -0.1) is 6.58 Å². The Kier molecular flexibility index (Phi) is 6.42. The molecule has 0 spiro atoms. The fourth-order valence-electron chi connectivity index (χ4n) is 1.68. The van der Waals surface area contributed by atoms with E-state index in [0.29, 0.717) is 6.04 Å². The van der Waals surface area contributed by atoms with Crippen molar-refractivity contribution in [3.05, 3.63) is 36.7 Å². The lowest BCUT2D eigenvalue weighted by molar-refractivity contribution is 0.484. The molecule has 1 N–H and O–H groups in total. The van der Waals surface area contributed by atoms with E-state index in [2.05, 4.69) is 29.0 Å². The van der Waals surface area contributed by atoms with Crippen LogP contribution in [0.1, 0.15) is 44.2 Å². The minimum Gasteiger partial charge on any atom is -0.310 e. The Morgan fingerprint density at radius 2 is 2.38 bits per heavy atom. The van der Waals surface area contributed by atoms with Crippen LogP contribution in [0.2, 0.25) is 0 Å². The molecule has 1 heterocycles. The van der Waals surface area contributed by atoms with Gasteiger partial charge in [0.15, 0.2) is 0 Å². The summed E-state index contributed by atoms with van der Waals surface area (Å²) in [6, 6.07) is 2.43. The van der Waals surface area contributed by atoms with E-state index >= 15 is 0 Å². The fourth-order valence-corrected chi connectivity index (χ4v) is 1.68. The maximum absolute atomic E-state index is 3.93. The van der Waals surface area contributed by atoms with Gasteiger partial charge in [-0.3, -0.25) is 0 Å². The molecule has 0 radical (unpaired) electrons. The maximum Gasteiger partial charge on any atom is 0.0544 e. The molecule has 0 aromatic carbocycles. The van der Waals surface area contributed by atoms with Crippen molar-refractivity contribution in [1.29, 1.82) is 0 Å². The molecule has 0 aliphatic heterocycles. The van der Waals surface area contributed by atoms with Gasteiger partial charge in [0.05, 0.1) is 6.20 Å². The van der Waals surface area contributed by atoms with Crippen molar-refractivity contribution >= 4 is 0 Å². The van der Waals surface area contributed by atoms with E-state index in [1.54, 1.807) is 6.20 Å². The predicted molar refractivity (Wildman–Crippen MR) is 67.1 cm³/mol. The van der Waals surface area contributed by atoms with Crippen LogP contribution in [-0.4, -0.2) is 16.7 Å². The number of unbranched alkanes of at least 4 members (excludes halogenated alkanes) is 1. The Balaban J connectivity index is 2.52. The molecule has 0 aliphatic rings. The molecule has 3 nitrogen and oxygen atoms in total. The average Bonchev–Trinajstić information content (AvgIpc) is 2.35. The lowest BCUT2D eigenvalue weighted by Crippen LogP contribution is -2.22. The topological polar surface area (TPSA) is 37.8 Å². The molecule has 1 aromatic heterocycles. The molecule has 0 amide bonds. The summed E-state index contributed by atoms with van der Waals surface area (Å²) >= 11 is 0. The zero-order valence-electron chi connectivity index (χ0n) is 10.0. The van der Waals surface area contributed by atoms with Gasteiger partial charge in [-0.1, -0.05) is 13.0 Å². The minimum atomic E-state index is 0.399. The van der Waals surface area contributed by atoms with Crippen molar-refractivity contribution in [1.82, 2.24) is 15.5 Å². The quantitative estimate of drug-likeness (QED) is 0.539. The summed E-state index contributed by atoms with van der Waals surface area (Å²) in [5.41, 5.74) is 1.23. The van der Waals surface area contributed by atoms with Gasteiger partial charge in [-0.2, -0.15) is 10.2 Å². The molecule has 3 heteroatoms. The number of rotatable bonds is 8. The van der Waals surface area contributed by atoms with E-state index in [4.69, 9.17) is 0 Å². The molecule has 1 unspecified atom stereocenters. The lowest BCUT2D eigenvalue weighted by atomic mass is 10.0. The summed E-state index contributed by atoms with van der Waals surface area (Å²) in [6.07, 6.45) is 10.1. The first-order valence-corrected chi connectivity index (χ1v) is 5.99. The Hall–Kier alpha value is -1.22. The highest BCUT2D eigenvalue weighted by molar-refractivity contribution is 5.11. The van der Waals surface area contributed by atoms with Crippen molar-refractivity contribution in [2.75, 3.05) is 6.54 Å². The van der Waals surface area contributed by atoms with Crippen molar-refractivity contribution < 1.29 is 0 Å². The van der Waals surface area contributed by atoms with Crippen molar-refractivity contribution in [2.45, 2.75) is 38.6 Å². The van der Waals surface area contributed by atoms with Crippen molar-refractivity contribution in [3.8, 4) is 0 Å². The predicted octanol–water partition coefficient (Wildman–Crippen LogP) is 2.87. The van der Waals surface area contributed by atoms with Crippen LogP contribution in [0, 0.1) is 0 Å². The number of nitrogens with one attached hydrogen (secondary N) is 1. The van der Waals surface area contributed by atoms with Crippen LogP contribution >= 0.6 is 0 Å². The van der Waals surface area contributed by atoms with E-state index in [1.807, 2.05) is 18.3 Å². The van der Waals surface area contributed by atoms with Crippen molar-refractivity contribution in [3.63, 3.8) is 0 Å². The van der Waals surface area contributed by atoms with E-state index in [1.165, 1.54) is 5.56 Å². The van der Waals surface area contributed by atoms with Gasteiger partial charge in [0, 0.05) is 12.2 Å². The molecule has 0 saturated carbocycles. The van der Waals surface area contributed by atoms with Crippen LogP contribution in [0.4, 0.5) is 0 Å². The van der Waals surface area contributed by atoms with Crippen LogP contribution in [0.3, 0.4) is 0 Å². The largest absolute Gasteiger partial charge is 0.310 e. The molecule has 0 bridgehead atoms. The number of nitrogens with zero attached hydrogens (tertiary/aromatic N) is 2. The SMILES string of the molecule is C=CCCCC(NCCC)c1ccnnc1. The van der Waals surface area contributed by atoms with Crippen LogP contribution in [0.5, 0.6) is 0 Å². The number of allylic oxidation sites excluding steroid dienone is 1. The third kappa shape index (κ3) is 4.53. The molecule has 1 rings (SSSR count). The van der Waals surface area contributed by atoms with E-state index < -0.39 is 0 Å². The fraction of sp³-hybridized carbons (Fsp3) is 0.538. The Morgan fingerprint density at radius 1 is 1.50 bits per heavy atom. The first kappa shape index (κ1) is 12.8. The van der Waals surface area contributed by atoms with Crippen LogP contribution in [-0.2, 0) is 0 Å². The first-order valence-electron chi connectivity index (χ1n) is 5.99. The second-order valence-electron chi connectivity index (χ2n) is 3.90. The smallest absolute Gasteiger partial charge is 0.0544 e. The Morgan fingerprint density at radius 3 is 3.00 bits per heavy atom. The maximum atomic E-state index is 3.93. The van der Waals surface area contributed by atoms with Crippen LogP contribution < -0.4 is 5.32 Å². The van der Waals surface area contributed by atoms with E-state index in [0.717, 1.165) is 32.2 Å². The molecular formula is C13H21N3. The van der Waals surface area contributed by atoms with Crippen LogP contribution in [0.15, 0.2) is 31.1 Å². The van der Waals surface area contributed by atoms with Gasteiger partial charge in [0.25, 0.3) is 0 Å². The standard InChI is InChI=1S/C13H21N3/c1-3-5-6-7-13(14-9-4-2)12-8-10-15-16-11-12/h3,8,10-11,13-14H,1,4-7,9H2,2H3. The van der Waals surface area contributed by atoms with Crippen molar-refractivity contribution in [2.24, 2.45) is 0 Å². The third-order valence-corrected chi connectivity index (χ3v) is 2.55. The number of hydrogen-bond acceptors (Lipinski definition) is 3. The monoisotopic (exact) mass is 219 g/mol. The highest BCUT2D eigenvalue weighted by Gasteiger charge is 2.09. The van der Waals surface area contributed by atoms with Gasteiger partial charge in [-0.25, -0.2) is 0 Å². The highest BCUT2D eigenvalue weighted by Crippen LogP contribution is 2.18. The normalized spacial score (nSPS) is 12.3. The third-order valence-electron chi connectivity index (χ3n) is 2.55. The first-order chi connectivity index (χ1) is 7.88. The van der Waals surface area contributed by atoms with E-state index in [-0.39, 0.29) is 0 Å².